The zero-order chi connectivity index (χ0) is 12.8. The van der Waals surface area contributed by atoms with E-state index in [0.717, 1.165) is 19.8 Å². The lowest BCUT2D eigenvalue weighted by Gasteiger charge is -2.37. The Morgan fingerprint density at radius 1 is 1.17 bits per heavy atom. The van der Waals surface area contributed by atoms with Crippen LogP contribution in [0.2, 0.25) is 0 Å². The van der Waals surface area contributed by atoms with E-state index in [4.69, 9.17) is 4.74 Å². The Balaban J connectivity index is 1.77. The van der Waals surface area contributed by atoms with Crippen molar-refractivity contribution in [3.05, 3.63) is 0 Å². The van der Waals surface area contributed by atoms with Crippen molar-refractivity contribution >= 4 is 0 Å². The number of likely N-dealkylation sites (N-methyl/N-ethyl adjacent to an activating group) is 2. The molecule has 2 heterocycles. The molecule has 0 aromatic carbocycles. The Morgan fingerprint density at radius 2 is 1.89 bits per heavy atom. The lowest BCUT2D eigenvalue weighted by Crippen LogP contribution is -2.52. The SMILES string of the molecule is CCNC(CN1CCN(CC)CC1)C1CCOC1. The van der Waals surface area contributed by atoms with Crippen LogP contribution in [-0.4, -0.2) is 74.9 Å². The molecular formula is C14H29N3O. The van der Waals surface area contributed by atoms with E-state index in [0.29, 0.717) is 12.0 Å². The molecule has 0 aliphatic carbocycles. The molecule has 18 heavy (non-hydrogen) atoms. The van der Waals surface area contributed by atoms with Crippen molar-refractivity contribution in [1.82, 2.24) is 15.1 Å². The van der Waals surface area contributed by atoms with E-state index >= 15 is 0 Å². The van der Waals surface area contributed by atoms with Crippen LogP contribution in [0.25, 0.3) is 0 Å². The van der Waals surface area contributed by atoms with Crippen molar-refractivity contribution in [2.75, 3.05) is 59.0 Å². The van der Waals surface area contributed by atoms with Crippen molar-refractivity contribution in [2.24, 2.45) is 5.92 Å². The summed E-state index contributed by atoms with van der Waals surface area (Å²) in [6.45, 7) is 14.7. The highest BCUT2D eigenvalue weighted by Crippen LogP contribution is 2.18. The highest BCUT2D eigenvalue weighted by molar-refractivity contribution is 4.84. The van der Waals surface area contributed by atoms with Crippen LogP contribution in [0.15, 0.2) is 0 Å². The van der Waals surface area contributed by atoms with Gasteiger partial charge in [0.15, 0.2) is 0 Å². The standard InChI is InChI=1S/C14H29N3O/c1-3-15-14(13-5-10-18-12-13)11-17-8-6-16(4-2)7-9-17/h13-15H,3-12H2,1-2H3. The van der Waals surface area contributed by atoms with E-state index in [1.165, 1.54) is 45.7 Å². The third-order valence-corrected chi connectivity index (χ3v) is 4.37. The summed E-state index contributed by atoms with van der Waals surface area (Å²) in [4.78, 5) is 5.16. The van der Waals surface area contributed by atoms with Crippen LogP contribution in [0.4, 0.5) is 0 Å². The lowest BCUT2D eigenvalue weighted by molar-refractivity contribution is 0.112. The average Bonchev–Trinajstić information content (AvgIpc) is 2.93. The van der Waals surface area contributed by atoms with Crippen LogP contribution in [0.3, 0.4) is 0 Å². The molecule has 2 atom stereocenters. The van der Waals surface area contributed by atoms with Gasteiger partial charge in [-0.2, -0.15) is 0 Å². The maximum atomic E-state index is 5.54. The predicted molar refractivity (Wildman–Crippen MR) is 74.9 cm³/mol. The van der Waals surface area contributed by atoms with E-state index in [-0.39, 0.29) is 0 Å². The lowest BCUT2D eigenvalue weighted by atomic mass is 9.98. The van der Waals surface area contributed by atoms with E-state index in [2.05, 4.69) is 29.0 Å². The van der Waals surface area contributed by atoms with Gasteiger partial charge in [0.2, 0.25) is 0 Å². The number of hydrogen-bond acceptors (Lipinski definition) is 4. The zero-order valence-electron chi connectivity index (χ0n) is 12.0. The van der Waals surface area contributed by atoms with Crippen LogP contribution >= 0.6 is 0 Å². The number of nitrogens with one attached hydrogen (secondary N) is 1. The molecule has 0 aromatic rings. The number of ether oxygens (including phenoxy) is 1. The van der Waals surface area contributed by atoms with Gasteiger partial charge in [-0.1, -0.05) is 13.8 Å². The zero-order valence-corrected chi connectivity index (χ0v) is 12.0. The molecule has 2 aliphatic heterocycles. The Labute approximate surface area is 112 Å². The van der Waals surface area contributed by atoms with E-state index in [1.54, 1.807) is 0 Å². The second-order valence-electron chi connectivity index (χ2n) is 5.52. The fraction of sp³-hybridized carbons (Fsp3) is 1.00. The highest BCUT2D eigenvalue weighted by Gasteiger charge is 2.27. The fourth-order valence-corrected chi connectivity index (χ4v) is 3.08. The summed E-state index contributed by atoms with van der Waals surface area (Å²) in [5.41, 5.74) is 0. The smallest absolute Gasteiger partial charge is 0.0510 e. The molecule has 0 amide bonds. The molecule has 1 N–H and O–H groups in total. The molecule has 4 heteroatoms. The van der Waals surface area contributed by atoms with Crippen molar-refractivity contribution < 1.29 is 4.74 Å². The number of piperazine rings is 1. The van der Waals surface area contributed by atoms with Gasteiger partial charge in [0.1, 0.15) is 0 Å². The van der Waals surface area contributed by atoms with Crippen LogP contribution < -0.4 is 5.32 Å². The maximum Gasteiger partial charge on any atom is 0.0510 e. The first-order valence-corrected chi connectivity index (χ1v) is 7.59. The summed E-state index contributed by atoms with van der Waals surface area (Å²) in [6.07, 6.45) is 1.23. The molecule has 0 spiro atoms. The summed E-state index contributed by atoms with van der Waals surface area (Å²) in [6, 6.07) is 0.616. The van der Waals surface area contributed by atoms with Gasteiger partial charge in [-0.05, 0) is 19.5 Å². The van der Waals surface area contributed by atoms with Crippen molar-refractivity contribution in [2.45, 2.75) is 26.3 Å². The maximum absolute atomic E-state index is 5.54. The minimum atomic E-state index is 0.616. The topological polar surface area (TPSA) is 27.7 Å². The van der Waals surface area contributed by atoms with E-state index < -0.39 is 0 Å². The Morgan fingerprint density at radius 3 is 2.44 bits per heavy atom. The summed E-state index contributed by atoms with van der Waals surface area (Å²) in [5.74, 6) is 0.717. The molecule has 0 radical (unpaired) electrons. The Hall–Kier alpha value is -0.160. The molecule has 2 fully saturated rings. The first-order chi connectivity index (χ1) is 8.83. The first-order valence-electron chi connectivity index (χ1n) is 7.59. The normalized spacial score (nSPS) is 28.7. The molecule has 2 unspecified atom stereocenters. The van der Waals surface area contributed by atoms with Gasteiger partial charge < -0.3 is 15.0 Å². The molecule has 2 saturated heterocycles. The van der Waals surface area contributed by atoms with Gasteiger partial charge in [-0.25, -0.2) is 0 Å². The number of nitrogens with zero attached hydrogens (tertiary/aromatic N) is 2. The minimum absolute atomic E-state index is 0.616. The largest absolute Gasteiger partial charge is 0.381 e. The third kappa shape index (κ3) is 3.92. The molecular weight excluding hydrogens is 226 g/mol. The van der Waals surface area contributed by atoms with Gasteiger partial charge in [-0.15, -0.1) is 0 Å². The summed E-state index contributed by atoms with van der Waals surface area (Å²) in [7, 11) is 0. The van der Waals surface area contributed by atoms with Gasteiger partial charge in [0.05, 0.1) is 6.61 Å². The predicted octanol–water partition coefficient (Wildman–Crippen LogP) is 0.639. The van der Waals surface area contributed by atoms with Gasteiger partial charge >= 0.3 is 0 Å². The molecule has 2 rings (SSSR count). The first kappa shape index (κ1) is 14.3. The quantitative estimate of drug-likeness (QED) is 0.754. The Bertz CT molecular complexity index is 223. The summed E-state index contributed by atoms with van der Waals surface area (Å²) < 4.78 is 5.54. The fourth-order valence-electron chi connectivity index (χ4n) is 3.08. The van der Waals surface area contributed by atoms with Crippen molar-refractivity contribution in [3.63, 3.8) is 0 Å². The highest BCUT2D eigenvalue weighted by atomic mass is 16.5. The van der Waals surface area contributed by atoms with Crippen molar-refractivity contribution in [3.8, 4) is 0 Å². The van der Waals surface area contributed by atoms with Gasteiger partial charge in [-0.3, -0.25) is 4.90 Å². The molecule has 0 bridgehead atoms. The second kappa shape index (κ2) is 7.43. The second-order valence-corrected chi connectivity index (χ2v) is 5.52. The van der Waals surface area contributed by atoms with Gasteiger partial charge in [0.25, 0.3) is 0 Å². The van der Waals surface area contributed by atoms with Gasteiger partial charge in [0, 0.05) is 51.3 Å². The summed E-state index contributed by atoms with van der Waals surface area (Å²) in [5, 5.41) is 3.66. The van der Waals surface area contributed by atoms with Crippen LogP contribution in [0, 0.1) is 5.92 Å². The van der Waals surface area contributed by atoms with E-state index in [1.807, 2.05) is 0 Å². The van der Waals surface area contributed by atoms with E-state index in [9.17, 15) is 0 Å². The third-order valence-electron chi connectivity index (χ3n) is 4.37. The van der Waals surface area contributed by atoms with Crippen molar-refractivity contribution in [1.29, 1.82) is 0 Å². The monoisotopic (exact) mass is 255 g/mol. The molecule has 106 valence electrons. The summed E-state index contributed by atoms with van der Waals surface area (Å²) >= 11 is 0. The molecule has 0 saturated carbocycles. The molecule has 2 aliphatic rings. The van der Waals surface area contributed by atoms with Crippen LogP contribution in [0.1, 0.15) is 20.3 Å². The molecule has 0 aromatic heterocycles. The number of rotatable bonds is 6. The van der Waals surface area contributed by atoms with Crippen LogP contribution in [-0.2, 0) is 4.74 Å². The minimum Gasteiger partial charge on any atom is -0.381 e. The molecule has 4 nitrogen and oxygen atoms in total. The van der Waals surface area contributed by atoms with Crippen LogP contribution in [0.5, 0.6) is 0 Å². The average molecular weight is 255 g/mol. The Kier molecular flexibility index (Phi) is 5.89. The number of hydrogen-bond donors (Lipinski definition) is 1.